The molecular weight excluding hydrogens is 373 g/mol. The van der Waals surface area contributed by atoms with Gasteiger partial charge in [0.25, 0.3) is 0 Å². The van der Waals surface area contributed by atoms with Gasteiger partial charge in [0, 0.05) is 29.8 Å². The fourth-order valence-corrected chi connectivity index (χ4v) is 3.14. The maximum atomic E-state index is 13.3. The van der Waals surface area contributed by atoms with Crippen molar-refractivity contribution in [3.8, 4) is 11.3 Å². The van der Waals surface area contributed by atoms with E-state index in [9.17, 15) is 14.5 Å². The largest absolute Gasteiger partial charge is 0.364 e. The van der Waals surface area contributed by atoms with Crippen LogP contribution in [0.5, 0.6) is 0 Å². The molecule has 2 heterocycles. The van der Waals surface area contributed by atoms with Crippen molar-refractivity contribution in [2.24, 2.45) is 5.92 Å². The Kier molecular flexibility index (Phi) is 5.63. The van der Waals surface area contributed by atoms with Crippen LogP contribution in [0.2, 0.25) is 0 Å². The number of nitrogens with zero attached hydrogens (tertiary/aromatic N) is 3. The highest BCUT2D eigenvalue weighted by molar-refractivity contribution is 5.69. The molecule has 0 saturated carbocycles. The molecule has 0 bridgehead atoms. The van der Waals surface area contributed by atoms with Crippen molar-refractivity contribution in [3.05, 3.63) is 69.8 Å². The summed E-state index contributed by atoms with van der Waals surface area (Å²) in [6, 6.07) is 9.36. The van der Waals surface area contributed by atoms with Crippen LogP contribution in [0.15, 0.2) is 42.6 Å². The zero-order valence-electron chi connectivity index (χ0n) is 16.9. The summed E-state index contributed by atoms with van der Waals surface area (Å²) >= 11 is 0. The van der Waals surface area contributed by atoms with Crippen molar-refractivity contribution >= 4 is 11.5 Å². The maximum Gasteiger partial charge on any atom is 0.311 e. The van der Waals surface area contributed by atoms with Gasteiger partial charge in [-0.15, -0.1) is 0 Å². The van der Waals surface area contributed by atoms with Crippen molar-refractivity contribution < 1.29 is 9.31 Å². The number of aromatic nitrogens is 3. The Labute approximate surface area is 168 Å². The number of H-pyrrole nitrogens is 1. The van der Waals surface area contributed by atoms with Gasteiger partial charge in [-0.05, 0) is 29.7 Å². The number of nitrogens with one attached hydrogen (secondary N) is 2. The summed E-state index contributed by atoms with van der Waals surface area (Å²) in [5.41, 5.74) is 2.32. The zero-order valence-corrected chi connectivity index (χ0v) is 16.9. The number of benzene rings is 1. The molecule has 29 heavy (non-hydrogen) atoms. The van der Waals surface area contributed by atoms with Crippen molar-refractivity contribution in [2.75, 3.05) is 11.9 Å². The normalized spacial score (nSPS) is 11.7. The van der Waals surface area contributed by atoms with E-state index in [1.165, 1.54) is 18.2 Å². The lowest BCUT2D eigenvalue weighted by molar-refractivity contribution is -0.384. The fourth-order valence-electron chi connectivity index (χ4n) is 3.14. The molecule has 2 N–H and O–H groups in total. The summed E-state index contributed by atoms with van der Waals surface area (Å²) in [6.07, 6.45) is 1.72. The van der Waals surface area contributed by atoms with Gasteiger partial charge < -0.3 is 5.32 Å². The smallest absolute Gasteiger partial charge is 0.311 e. The summed E-state index contributed by atoms with van der Waals surface area (Å²) in [4.78, 5) is 15.5. The Balaban J connectivity index is 2.04. The maximum absolute atomic E-state index is 13.3. The molecule has 0 aliphatic rings. The van der Waals surface area contributed by atoms with Gasteiger partial charge in [0.15, 0.2) is 0 Å². The van der Waals surface area contributed by atoms with E-state index in [2.05, 4.69) is 20.5 Å². The summed E-state index contributed by atoms with van der Waals surface area (Å²) in [5, 5.41) is 21.7. The van der Waals surface area contributed by atoms with E-state index in [4.69, 9.17) is 0 Å². The Morgan fingerprint density at radius 3 is 2.52 bits per heavy atom. The molecule has 0 aliphatic carbocycles. The van der Waals surface area contributed by atoms with Gasteiger partial charge in [-0.25, -0.2) is 9.37 Å². The second-order valence-corrected chi connectivity index (χ2v) is 7.88. The van der Waals surface area contributed by atoms with E-state index < -0.39 is 10.3 Å². The van der Waals surface area contributed by atoms with E-state index in [0.717, 1.165) is 16.8 Å². The highest BCUT2D eigenvalue weighted by Gasteiger charge is 2.30. The molecule has 0 saturated heterocycles. The molecule has 3 aromatic rings. The van der Waals surface area contributed by atoms with Gasteiger partial charge in [-0.2, -0.15) is 5.10 Å². The van der Waals surface area contributed by atoms with Crippen LogP contribution in [0.1, 0.15) is 39.0 Å². The molecule has 0 unspecified atom stereocenters. The van der Waals surface area contributed by atoms with E-state index in [0.29, 0.717) is 18.2 Å². The summed E-state index contributed by atoms with van der Waals surface area (Å²) < 4.78 is 13.3. The number of nitro groups is 1. The fraction of sp³-hybridized carbons (Fsp3) is 0.333. The first-order valence-electron chi connectivity index (χ1n) is 9.40. The third-order valence-electron chi connectivity index (χ3n) is 4.82. The molecule has 0 spiro atoms. The first-order chi connectivity index (χ1) is 13.7. The summed E-state index contributed by atoms with van der Waals surface area (Å²) in [7, 11) is 0. The topological polar surface area (TPSA) is 96.7 Å². The molecule has 0 radical (unpaired) electrons. The van der Waals surface area contributed by atoms with Crippen LogP contribution < -0.4 is 5.32 Å². The monoisotopic (exact) mass is 397 g/mol. The van der Waals surface area contributed by atoms with Crippen LogP contribution >= 0.6 is 0 Å². The first-order valence-corrected chi connectivity index (χ1v) is 9.40. The quantitative estimate of drug-likeness (QED) is 0.436. The predicted octanol–water partition coefficient (Wildman–Crippen LogP) is 4.91. The molecule has 0 amide bonds. The van der Waals surface area contributed by atoms with E-state index >= 15 is 0 Å². The Hall–Kier alpha value is -3.29. The van der Waals surface area contributed by atoms with Crippen LogP contribution in [0, 0.1) is 21.8 Å². The van der Waals surface area contributed by atoms with Crippen molar-refractivity contribution in [3.63, 3.8) is 0 Å². The molecule has 8 heteroatoms. The summed E-state index contributed by atoms with van der Waals surface area (Å²) in [5.74, 6) is 0.236. The summed E-state index contributed by atoms with van der Waals surface area (Å²) in [6.45, 7) is 8.58. The minimum absolute atomic E-state index is 0.0720. The molecule has 3 rings (SSSR count). The van der Waals surface area contributed by atoms with E-state index in [-0.39, 0.29) is 17.3 Å². The second-order valence-electron chi connectivity index (χ2n) is 7.88. The van der Waals surface area contributed by atoms with Crippen molar-refractivity contribution in [1.82, 2.24) is 15.2 Å². The third kappa shape index (κ3) is 4.26. The zero-order chi connectivity index (χ0) is 21.2. The number of halogens is 1. The standard InChI is InChI=1S/C21H24FN5O2/c1-13(2)11-23-20-18(27(28)29)10-9-17(25-20)16-12-24-26-19(16)21(3,4)14-5-7-15(22)8-6-14/h5-10,12-13H,11H2,1-4H3,(H,23,25)(H,24,26). The van der Waals surface area contributed by atoms with Crippen LogP contribution in [0.25, 0.3) is 11.3 Å². The third-order valence-corrected chi connectivity index (χ3v) is 4.82. The molecular formula is C21H24FN5O2. The number of aromatic amines is 1. The minimum atomic E-state index is -0.530. The lowest BCUT2D eigenvalue weighted by Gasteiger charge is -2.24. The molecule has 2 aromatic heterocycles. The molecule has 0 aliphatic heterocycles. The average Bonchev–Trinajstić information content (AvgIpc) is 3.17. The first kappa shape index (κ1) is 20.4. The van der Waals surface area contributed by atoms with E-state index in [1.54, 1.807) is 24.4 Å². The van der Waals surface area contributed by atoms with Gasteiger partial charge >= 0.3 is 5.69 Å². The lowest BCUT2D eigenvalue weighted by Crippen LogP contribution is -2.20. The number of anilines is 1. The van der Waals surface area contributed by atoms with Gasteiger partial charge in [-0.3, -0.25) is 15.2 Å². The molecule has 7 nitrogen and oxygen atoms in total. The highest BCUT2D eigenvalue weighted by Crippen LogP contribution is 2.37. The van der Waals surface area contributed by atoms with Crippen LogP contribution in [0.4, 0.5) is 15.9 Å². The van der Waals surface area contributed by atoms with Gasteiger partial charge in [0.05, 0.1) is 16.3 Å². The Bertz CT molecular complexity index is 1010. The number of hydrogen-bond donors (Lipinski definition) is 2. The molecule has 1 aromatic carbocycles. The van der Waals surface area contributed by atoms with Crippen molar-refractivity contribution in [2.45, 2.75) is 33.1 Å². The van der Waals surface area contributed by atoms with Crippen LogP contribution in [-0.2, 0) is 5.41 Å². The van der Waals surface area contributed by atoms with Crippen LogP contribution in [-0.4, -0.2) is 26.6 Å². The van der Waals surface area contributed by atoms with Gasteiger partial charge in [-0.1, -0.05) is 39.8 Å². The Morgan fingerprint density at radius 2 is 1.90 bits per heavy atom. The molecule has 0 fully saturated rings. The SMILES string of the molecule is CC(C)CNc1nc(-c2c[nH]nc2C(C)(C)c2ccc(F)cc2)ccc1[N+](=O)[O-]. The van der Waals surface area contributed by atoms with Gasteiger partial charge in [0.2, 0.25) is 5.82 Å². The second kappa shape index (κ2) is 7.98. The number of hydrogen-bond acceptors (Lipinski definition) is 5. The lowest BCUT2D eigenvalue weighted by atomic mass is 9.79. The van der Waals surface area contributed by atoms with E-state index in [1.807, 2.05) is 27.7 Å². The van der Waals surface area contributed by atoms with Gasteiger partial charge in [0.1, 0.15) is 5.82 Å². The number of pyridine rings is 1. The highest BCUT2D eigenvalue weighted by atomic mass is 19.1. The molecule has 0 atom stereocenters. The average molecular weight is 397 g/mol. The predicted molar refractivity (Wildman–Crippen MR) is 110 cm³/mol. The molecule has 152 valence electrons. The minimum Gasteiger partial charge on any atom is -0.364 e. The Morgan fingerprint density at radius 1 is 1.21 bits per heavy atom. The van der Waals surface area contributed by atoms with Crippen molar-refractivity contribution in [1.29, 1.82) is 0 Å². The number of rotatable bonds is 7. The van der Waals surface area contributed by atoms with Crippen LogP contribution in [0.3, 0.4) is 0 Å².